The summed E-state index contributed by atoms with van der Waals surface area (Å²) in [6.45, 7) is 3.91. The Bertz CT molecular complexity index is 218. The minimum absolute atomic E-state index is 0.334. The van der Waals surface area contributed by atoms with Gasteiger partial charge in [-0.3, -0.25) is 9.79 Å². The van der Waals surface area contributed by atoms with E-state index in [9.17, 15) is 4.79 Å². The minimum atomic E-state index is -0.775. The van der Waals surface area contributed by atoms with Gasteiger partial charge in [0.25, 0.3) is 0 Å². The molecule has 0 aliphatic carbocycles. The van der Waals surface area contributed by atoms with Gasteiger partial charge in [-0.1, -0.05) is 19.1 Å². The maximum absolute atomic E-state index is 10.4. The zero-order chi connectivity index (χ0) is 10.3. The molecular formula is C9H16N2O2. The Morgan fingerprint density at radius 2 is 2.23 bits per heavy atom. The maximum atomic E-state index is 10.4. The Balaban J connectivity index is 3.64. The van der Waals surface area contributed by atoms with Crippen molar-refractivity contribution in [3.63, 3.8) is 0 Å². The number of aliphatic carboxylic acids is 1. The van der Waals surface area contributed by atoms with Crippen molar-refractivity contribution in [2.75, 3.05) is 6.54 Å². The van der Waals surface area contributed by atoms with Crippen LogP contribution in [0.15, 0.2) is 17.1 Å². The van der Waals surface area contributed by atoms with Crippen LogP contribution in [-0.2, 0) is 4.79 Å². The smallest absolute Gasteiger partial charge is 0.306 e. The molecule has 1 atom stereocenters. The number of nitrogens with two attached hydrogens (primary N) is 1. The molecule has 1 unspecified atom stereocenters. The van der Waals surface area contributed by atoms with Gasteiger partial charge in [0.15, 0.2) is 0 Å². The first-order valence-electron chi connectivity index (χ1n) is 4.18. The zero-order valence-corrected chi connectivity index (χ0v) is 8.03. The summed E-state index contributed by atoms with van der Waals surface area (Å²) >= 11 is 0. The van der Waals surface area contributed by atoms with Crippen molar-refractivity contribution in [3.05, 3.63) is 12.2 Å². The number of rotatable bonds is 5. The predicted octanol–water partition coefficient (Wildman–Crippen LogP) is 1.03. The van der Waals surface area contributed by atoms with Crippen LogP contribution in [-0.4, -0.2) is 23.5 Å². The fourth-order valence-corrected chi connectivity index (χ4v) is 0.672. The molecule has 0 spiro atoms. The Morgan fingerprint density at radius 3 is 2.69 bits per heavy atom. The molecule has 0 saturated carbocycles. The summed E-state index contributed by atoms with van der Waals surface area (Å²) in [7, 11) is 0. The molecule has 0 aliphatic heterocycles. The number of aliphatic imine (C=N–C) groups is 1. The lowest BCUT2D eigenvalue weighted by molar-refractivity contribution is -0.140. The molecule has 4 nitrogen and oxygen atoms in total. The van der Waals surface area contributed by atoms with Crippen LogP contribution >= 0.6 is 0 Å². The number of hydrogen-bond acceptors (Lipinski definition) is 2. The van der Waals surface area contributed by atoms with Crippen LogP contribution in [0.3, 0.4) is 0 Å². The van der Waals surface area contributed by atoms with E-state index in [4.69, 9.17) is 10.8 Å². The Kier molecular flexibility index (Phi) is 5.59. The Labute approximate surface area is 78.2 Å². The minimum Gasteiger partial charge on any atom is -0.481 e. The average Bonchev–Trinajstić information content (AvgIpc) is 2.02. The molecule has 13 heavy (non-hydrogen) atoms. The highest BCUT2D eigenvalue weighted by Gasteiger charge is 2.06. The van der Waals surface area contributed by atoms with Crippen molar-refractivity contribution < 1.29 is 9.90 Å². The monoisotopic (exact) mass is 184 g/mol. The van der Waals surface area contributed by atoms with Crippen molar-refractivity contribution in [2.24, 2.45) is 16.6 Å². The SMILES string of the molecule is CC(N)=NC/C=C/CC(C)C(=O)O. The third-order valence-electron chi connectivity index (χ3n) is 1.52. The first kappa shape index (κ1) is 11.7. The summed E-state index contributed by atoms with van der Waals surface area (Å²) in [6, 6.07) is 0. The highest BCUT2D eigenvalue weighted by molar-refractivity contribution is 5.77. The summed E-state index contributed by atoms with van der Waals surface area (Å²) in [5, 5.41) is 8.55. The van der Waals surface area contributed by atoms with Crippen LogP contribution in [0.5, 0.6) is 0 Å². The van der Waals surface area contributed by atoms with Crippen molar-refractivity contribution in [1.29, 1.82) is 0 Å². The topological polar surface area (TPSA) is 75.7 Å². The second-order valence-electron chi connectivity index (χ2n) is 2.93. The Hall–Kier alpha value is -1.32. The van der Waals surface area contributed by atoms with Crippen molar-refractivity contribution in [1.82, 2.24) is 0 Å². The number of amidine groups is 1. The van der Waals surface area contributed by atoms with Crippen molar-refractivity contribution in [3.8, 4) is 0 Å². The second-order valence-corrected chi connectivity index (χ2v) is 2.93. The van der Waals surface area contributed by atoms with Gasteiger partial charge in [0.1, 0.15) is 0 Å². The summed E-state index contributed by atoms with van der Waals surface area (Å²) in [4.78, 5) is 14.3. The molecule has 0 aromatic rings. The highest BCUT2D eigenvalue weighted by atomic mass is 16.4. The van der Waals surface area contributed by atoms with Gasteiger partial charge in [-0.15, -0.1) is 0 Å². The second kappa shape index (κ2) is 6.22. The molecule has 0 rings (SSSR count). The number of carboxylic acid groups (broad SMARTS) is 1. The molecule has 0 amide bonds. The zero-order valence-electron chi connectivity index (χ0n) is 8.03. The first-order valence-corrected chi connectivity index (χ1v) is 4.18. The molecule has 0 bridgehead atoms. The molecule has 0 aromatic carbocycles. The highest BCUT2D eigenvalue weighted by Crippen LogP contribution is 2.01. The van der Waals surface area contributed by atoms with Gasteiger partial charge in [0.05, 0.1) is 18.3 Å². The standard InChI is InChI=1S/C9H16N2O2/c1-7(9(12)13)5-3-4-6-11-8(2)10/h3-4,7H,5-6H2,1-2H3,(H2,10,11)(H,12,13)/b4-3+. The molecular weight excluding hydrogens is 168 g/mol. The number of nitrogens with zero attached hydrogens (tertiary/aromatic N) is 1. The van der Waals surface area contributed by atoms with E-state index < -0.39 is 5.97 Å². The number of carboxylic acids is 1. The summed E-state index contributed by atoms with van der Waals surface area (Å²) in [6.07, 6.45) is 4.16. The largest absolute Gasteiger partial charge is 0.481 e. The van der Waals surface area contributed by atoms with Gasteiger partial charge < -0.3 is 10.8 Å². The van der Waals surface area contributed by atoms with E-state index in [1.165, 1.54) is 0 Å². The first-order chi connectivity index (χ1) is 6.04. The fourth-order valence-electron chi connectivity index (χ4n) is 0.672. The lowest BCUT2D eigenvalue weighted by Gasteiger charge is -1.99. The van der Waals surface area contributed by atoms with Crippen LogP contribution in [0, 0.1) is 5.92 Å². The van der Waals surface area contributed by atoms with E-state index in [0.717, 1.165) is 0 Å². The van der Waals surface area contributed by atoms with Crippen LogP contribution in [0.1, 0.15) is 20.3 Å². The number of carbonyl (C=O) groups is 1. The lowest BCUT2D eigenvalue weighted by atomic mass is 10.1. The van der Waals surface area contributed by atoms with E-state index in [1.54, 1.807) is 13.8 Å². The normalized spacial score (nSPS) is 14.8. The van der Waals surface area contributed by atoms with Gasteiger partial charge in [-0.25, -0.2) is 0 Å². The van der Waals surface area contributed by atoms with Gasteiger partial charge in [0.2, 0.25) is 0 Å². The molecule has 0 radical (unpaired) electrons. The van der Waals surface area contributed by atoms with Crippen LogP contribution in [0.2, 0.25) is 0 Å². The van der Waals surface area contributed by atoms with Crippen LogP contribution in [0.4, 0.5) is 0 Å². The molecule has 0 saturated heterocycles. The molecule has 0 heterocycles. The maximum Gasteiger partial charge on any atom is 0.306 e. The number of allylic oxidation sites excluding steroid dienone is 1. The molecule has 0 aromatic heterocycles. The third-order valence-corrected chi connectivity index (χ3v) is 1.52. The quantitative estimate of drug-likeness (QED) is 0.380. The van der Waals surface area contributed by atoms with E-state index in [-0.39, 0.29) is 5.92 Å². The van der Waals surface area contributed by atoms with Crippen molar-refractivity contribution in [2.45, 2.75) is 20.3 Å². The van der Waals surface area contributed by atoms with Gasteiger partial charge in [0, 0.05) is 0 Å². The summed E-state index contributed by atoms with van der Waals surface area (Å²) in [5.74, 6) is -0.571. The van der Waals surface area contributed by atoms with E-state index in [2.05, 4.69) is 4.99 Å². The molecule has 74 valence electrons. The lowest BCUT2D eigenvalue weighted by Crippen LogP contribution is -2.08. The average molecular weight is 184 g/mol. The van der Waals surface area contributed by atoms with Gasteiger partial charge in [-0.05, 0) is 13.3 Å². The van der Waals surface area contributed by atoms with E-state index in [0.29, 0.717) is 18.8 Å². The number of hydrogen-bond donors (Lipinski definition) is 2. The molecule has 0 fully saturated rings. The molecule has 0 aliphatic rings. The third kappa shape index (κ3) is 7.05. The van der Waals surface area contributed by atoms with Gasteiger partial charge >= 0.3 is 5.97 Å². The Morgan fingerprint density at radius 1 is 1.62 bits per heavy atom. The van der Waals surface area contributed by atoms with E-state index >= 15 is 0 Å². The summed E-state index contributed by atoms with van der Waals surface area (Å²) in [5.41, 5.74) is 5.30. The summed E-state index contributed by atoms with van der Waals surface area (Å²) < 4.78 is 0. The molecule has 3 N–H and O–H groups in total. The van der Waals surface area contributed by atoms with E-state index in [1.807, 2.05) is 12.2 Å². The fraction of sp³-hybridized carbons (Fsp3) is 0.556. The van der Waals surface area contributed by atoms with Gasteiger partial charge in [-0.2, -0.15) is 0 Å². The van der Waals surface area contributed by atoms with Crippen LogP contribution < -0.4 is 5.73 Å². The van der Waals surface area contributed by atoms with Crippen molar-refractivity contribution >= 4 is 11.8 Å². The molecule has 4 heteroatoms. The predicted molar refractivity (Wildman–Crippen MR) is 52.7 cm³/mol. The van der Waals surface area contributed by atoms with Crippen LogP contribution in [0.25, 0.3) is 0 Å².